The molecule has 16 heavy (non-hydrogen) atoms. The van der Waals surface area contributed by atoms with Gasteiger partial charge in [-0.25, -0.2) is 4.79 Å². The molecule has 0 aromatic carbocycles. The van der Waals surface area contributed by atoms with E-state index in [0.717, 1.165) is 5.69 Å². The maximum absolute atomic E-state index is 11.2. The second-order valence-electron chi connectivity index (χ2n) is 4.42. The largest absolute Gasteiger partial charge is 0.464 e. The number of esters is 1. The zero-order valence-electron chi connectivity index (χ0n) is 10.1. The van der Waals surface area contributed by atoms with Gasteiger partial charge in [-0.1, -0.05) is 0 Å². The molecule has 1 heterocycles. The van der Waals surface area contributed by atoms with Gasteiger partial charge in [0.1, 0.15) is 5.69 Å². The molecule has 0 saturated heterocycles. The van der Waals surface area contributed by atoms with Crippen molar-refractivity contribution in [2.24, 2.45) is 0 Å². The summed E-state index contributed by atoms with van der Waals surface area (Å²) in [6.45, 7) is 6.37. The highest BCUT2D eigenvalue weighted by atomic mass is 16.7. The van der Waals surface area contributed by atoms with E-state index in [1.807, 2.05) is 26.8 Å². The average Bonchev–Trinajstić information content (AvgIpc) is 2.63. The first-order valence-corrected chi connectivity index (χ1v) is 5.09. The van der Waals surface area contributed by atoms with Crippen LogP contribution in [0.25, 0.3) is 0 Å². The summed E-state index contributed by atoms with van der Waals surface area (Å²) < 4.78 is 4.59. The van der Waals surface area contributed by atoms with Crippen molar-refractivity contribution in [3.8, 4) is 0 Å². The Bertz CT molecular complexity index is 352. The summed E-state index contributed by atoms with van der Waals surface area (Å²) in [6.07, 6.45) is 0. The summed E-state index contributed by atoms with van der Waals surface area (Å²) in [6, 6.07) is 3.49. The number of aromatic amines is 1. The summed E-state index contributed by atoms with van der Waals surface area (Å²) in [4.78, 5) is 19.4. The smallest absolute Gasteiger partial charge is 0.354 e. The number of carbonyl (C=O) groups excluding carboxylic acids is 1. The molecule has 0 atom stereocenters. The molecule has 5 nitrogen and oxygen atoms in total. The number of hydrogen-bond acceptors (Lipinski definition) is 4. The van der Waals surface area contributed by atoms with Gasteiger partial charge in [0.05, 0.1) is 19.3 Å². The average molecular weight is 226 g/mol. The van der Waals surface area contributed by atoms with Crippen LogP contribution in [-0.2, 0) is 16.1 Å². The van der Waals surface area contributed by atoms with Crippen LogP contribution >= 0.6 is 0 Å². The second kappa shape index (κ2) is 5.14. The predicted octanol–water partition coefficient (Wildman–Crippen LogP) is 1.62. The SMILES string of the molecule is COC(=O)c1ccc(CNOC(C)(C)C)[nH]1. The number of methoxy groups -OCH3 is 1. The number of rotatable bonds is 4. The van der Waals surface area contributed by atoms with E-state index in [-0.39, 0.29) is 11.6 Å². The number of aromatic nitrogens is 1. The van der Waals surface area contributed by atoms with Crippen LogP contribution in [-0.4, -0.2) is 23.7 Å². The predicted molar refractivity (Wildman–Crippen MR) is 59.8 cm³/mol. The normalized spacial score (nSPS) is 11.5. The molecule has 1 rings (SSSR count). The van der Waals surface area contributed by atoms with Gasteiger partial charge in [-0.05, 0) is 32.9 Å². The molecule has 0 unspecified atom stereocenters. The third kappa shape index (κ3) is 4.04. The van der Waals surface area contributed by atoms with Crippen molar-refractivity contribution >= 4 is 5.97 Å². The lowest BCUT2D eigenvalue weighted by atomic mass is 10.2. The molecule has 0 aliphatic rings. The third-order valence-electron chi connectivity index (χ3n) is 1.79. The highest BCUT2D eigenvalue weighted by molar-refractivity contribution is 5.87. The minimum atomic E-state index is -0.372. The third-order valence-corrected chi connectivity index (χ3v) is 1.79. The van der Waals surface area contributed by atoms with Gasteiger partial charge >= 0.3 is 5.97 Å². The van der Waals surface area contributed by atoms with Gasteiger partial charge in [0.15, 0.2) is 0 Å². The van der Waals surface area contributed by atoms with Gasteiger partial charge in [-0.3, -0.25) is 4.84 Å². The molecule has 0 fully saturated rings. The van der Waals surface area contributed by atoms with E-state index >= 15 is 0 Å². The maximum atomic E-state index is 11.2. The standard InChI is InChI=1S/C11H18N2O3/c1-11(2,3)16-12-7-8-5-6-9(13-8)10(14)15-4/h5-6,12-13H,7H2,1-4H3. The number of carbonyl (C=O) groups is 1. The summed E-state index contributed by atoms with van der Waals surface area (Å²) in [7, 11) is 1.35. The van der Waals surface area contributed by atoms with Crippen molar-refractivity contribution in [2.45, 2.75) is 32.9 Å². The van der Waals surface area contributed by atoms with E-state index in [9.17, 15) is 4.79 Å². The number of H-pyrrole nitrogens is 1. The van der Waals surface area contributed by atoms with E-state index in [2.05, 4.69) is 15.2 Å². The fourth-order valence-corrected chi connectivity index (χ4v) is 1.10. The molecule has 1 aromatic rings. The van der Waals surface area contributed by atoms with Crippen molar-refractivity contribution in [1.29, 1.82) is 0 Å². The highest BCUT2D eigenvalue weighted by Gasteiger charge is 2.11. The molecule has 5 heteroatoms. The molecule has 0 bridgehead atoms. The molecule has 0 saturated carbocycles. The molecule has 2 N–H and O–H groups in total. The van der Waals surface area contributed by atoms with Crippen LogP contribution in [0.3, 0.4) is 0 Å². The first kappa shape index (κ1) is 12.7. The molecule has 0 spiro atoms. The van der Waals surface area contributed by atoms with E-state index < -0.39 is 0 Å². The van der Waals surface area contributed by atoms with Crippen molar-refractivity contribution in [3.63, 3.8) is 0 Å². The zero-order chi connectivity index (χ0) is 12.2. The van der Waals surface area contributed by atoms with Gasteiger partial charge in [0.25, 0.3) is 0 Å². The van der Waals surface area contributed by atoms with Gasteiger partial charge in [-0.15, -0.1) is 0 Å². The van der Waals surface area contributed by atoms with Gasteiger partial charge in [-0.2, -0.15) is 5.48 Å². The van der Waals surface area contributed by atoms with Gasteiger partial charge in [0, 0.05) is 5.69 Å². The Morgan fingerprint density at radius 2 is 2.12 bits per heavy atom. The van der Waals surface area contributed by atoms with E-state index in [1.54, 1.807) is 6.07 Å². The van der Waals surface area contributed by atoms with Crippen LogP contribution in [0.4, 0.5) is 0 Å². The van der Waals surface area contributed by atoms with Crippen LogP contribution in [0.15, 0.2) is 12.1 Å². The molecule has 0 amide bonds. The lowest BCUT2D eigenvalue weighted by Gasteiger charge is -2.18. The molecule has 0 aliphatic heterocycles. The van der Waals surface area contributed by atoms with Crippen molar-refractivity contribution < 1.29 is 14.4 Å². The van der Waals surface area contributed by atoms with E-state index in [0.29, 0.717) is 12.2 Å². The lowest BCUT2D eigenvalue weighted by Crippen LogP contribution is -2.28. The number of ether oxygens (including phenoxy) is 1. The Kier molecular flexibility index (Phi) is 4.09. The Balaban J connectivity index is 2.44. The van der Waals surface area contributed by atoms with Crippen molar-refractivity contribution in [3.05, 3.63) is 23.5 Å². The maximum Gasteiger partial charge on any atom is 0.354 e. The summed E-state index contributed by atoms with van der Waals surface area (Å²) in [5, 5.41) is 0. The molecular weight excluding hydrogens is 208 g/mol. The fourth-order valence-electron chi connectivity index (χ4n) is 1.10. The first-order chi connectivity index (χ1) is 7.42. The van der Waals surface area contributed by atoms with Crippen LogP contribution in [0.2, 0.25) is 0 Å². The van der Waals surface area contributed by atoms with Gasteiger partial charge < -0.3 is 9.72 Å². The number of nitrogens with one attached hydrogen (secondary N) is 2. The molecule has 0 aliphatic carbocycles. The first-order valence-electron chi connectivity index (χ1n) is 5.09. The van der Waals surface area contributed by atoms with Crippen LogP contribution in [0, 0.1) is 0 Å². The van der Waals surface area contributed by atoms with Gasteiger partial charge in [0.2, 0.25) is 0 Å². The van der Waals surface area contributed by atoms with Crippen LogP contribution in [0.5, 0.6) is 0 Å². The number of hydrogen-bond donors (Lipinski definition) is 2. The summed E-state index contributed by atoms with van der Waals surface area (Å²) >= 11 is 0. The summed E-state index contributed by atoms with van der Waals surface area (Å²) in [5.74, 6) is -0.372. The van der Waals surface area contributed by atoms with Crippen molar-refractivity contribution in [1.82, 2.24) is 10.5 Å². The topological polar surface area (TPSA) is 63.4 Å². The Hall–Kier alpha value is -1.33. The molecule has 90 valence electrons. The fraction of sp³-hybridized carbons (Fsp3) is 0.545. The molecule has 0 radical (unpaired) electrons. The van der Waals surface area contributed by atoms with Crippen LogP contribution in [0.1, 0.15) is 37.0 Å². The Morgan fingerprint density at radius 3 is 2.69 bits per heavy atom. The minimum absolute atomic E-state index is 0.238. The monoisotopic (exact) mass is 226 g/mol. The highest BCUT2D eigenvalue weighted by Crippen LogP contribution is 2.06. The molecular formula is C11H18N2O3. The Labute approximate surface area is 95.1 Å². The van der Waals surface area contributed by atoms with E-state index in [1.165, 1.54) is 7.11 Å². The number of hydroxylamine groups is 1. The van der Waals surface area contributed by atoms with Crippen LogP contribution < -0.4 is 5.48 Å². The zero-order valence-corrected chi connectivity index (χ0v) is 10.1. The minimum Gasteiger partial charge on any atom is -0.464 e. The van der Waals surface area contributed by atoms with Crippen molar-refractivity contribution in [2.75, 3.05) is 7.11 Å². The Morgan fingerprint density at radius 1 is 1.44 bits per heavy atom. The van der Waals surface area contributed by atoms with E-state index in [4.69, 9.17) is 4.84 Å². The summed E-state index contributed by atoms with van der Waals surface area (Å²) in [5.41, 5.74) is 3.90. The second-order valence-corrected chi connectivity index (χ2v) is 4.42. The quantitative estimate of drug-likeness (QED) is 0.605. The molecule has 1 aromatic heterocycles. The lowest BCUT2D eigenvalue weighted by molar-refractivity contribution is -0.0761.